The maximum atomic E-state index is 15.4. The molecule has 6 N–H and O–H groups in total. The van der Waals surface area contributed by atoms with Gasteiger partial charge in [-0.2, -0.15) is 0 Å². The number of amides is 6. The Morgan fingerprint density at radius 3 is 1.08 bits per heavy atom. The van der Waals surface area contributed by atoms with Crippen LogP contribution in [-0.2, 0) is 44.9 Å². The molecule has 2 fully saturated rings. The molecule has 2 atom stereocenters. The normalized spacial score (nSPS) is 14.0. The number of hydrogen-bond acceptors (Lipinski definition) is 10. The molecule has 3 aliphatic rings. The zero-order valence-electron chi connectivity index (χ0n) is 52.4. The number of benzene rings is 8. The van der Waals surface area contributed by atoms with E-state index in [0.29, 0.717) is 140 Å². The highest BCUT2D eigenvalue weighted by Gasteiger charge is 2.45. The van der Waals surface area contributed by atoms with Crippen LogP contribution in [0, 0.1) is 25.7 Å². The van der Waals surface area contributed by atoms with Crippen molar-refractivity contribution in [2.75, 3.05) is 44.3 Å². The molecule has 0 saturated heterocycles. The molecule has 16 nitrogen and oxygen atoms in total. The lowest BCUT2D eigenvalue weighted by Gasteiger charge is -2.32. The van der Waals surface area contributed by atoms with Crippen molar-refractivity contribution >= 4 is 70.6 Å². The molecule has 3 aliphatic carbocycles. The number of carbonyl (C=O) groups is 6. The van der Waals surface area contributed by atoms with Gasteiger partial charge in [0, 0.05) is 115 Å². The first-order chi connectivity index (χ1) is 44.7. The van der Waals surface area contributed by atoms with Crippen LogP contribution in [0.15, 0.2) is 158 Å². The SMILES string of the molecule is CCCCOc1c2cc(NC(=O)C(C3CC3)N(C(=O)c3ccccc3)c3ccc(C)cc3)cc1Cc1cc(NC=O)cc(c1O)Cc1cc(NC(=O)C(C3CC3)N(C(=O)c3ccccc3)c3ccc(C)cc3)cc(c1OCCCC)Cc1cc(NC=O)cc(c1O)C2. The number of rotatable bonds is 24. The zero-order valence-corrected chi connectivity index (χ0v) is 52.4. The Hall–Kier alpha value is -10.2. The number of fused-ring (bicyclic) bond motifs is 8. The topological polar surface area (TPSA) is 216 Å². The van der Waals surface area contributed by atoms with Crippen LogP contribution < -0.4 is 40.5 Å². The maximum absolute atomic E-state index is 15.4. The van der Waals surface area contributed by atoms with Crippen molar-refractivity contribution in [3.05, 3.63) is 224 Å². The number of unbranched alkanes of at least 4 members (excludes halogenated alkanes) is 2. The van der Waals surface area contributed by atoms with Crippen molar-refractivity contribution in [3.63, 3.8) is 0 Å². The number of carbonyl (C=O) groups excluding carboxylic acids is 6. The first kappa shape index (κ1) is 63.4. The average Bonchev–Trinajstić information content (AvgIpc) is 1.43. The molecule has 8 bridgehead atoms. The fourth-order valence-electron chi connectivity index (χ4n) is 12.4. The van der Waals surface area contributed by atoms with Crippen LogP contribution in [0.4, 0.5) is 34.1 Å². The molecule has 11 rings (SSSR count). The van der Waals surface area contributed by atoms with Gasteiger partial charge in [0.1, 0.15) is 35.1 Å². The van der Waals surface area contributed by atoms with Crippen LogP contribution in [0.1, 0.15) is 142 Å². The molecule has 8 aromatic carbocycles. The van der Waals surface area contributed by atoms with Gasteiger partial charge in [-0.05, 0) is 161 Å². The van der Waals surface area contributed by atoms with E-state index < -0.39 is 23.9 Å². The number of hydrogen-bond donors (Lipinski definition) is 6. The summed E-state index contributed by atoms with van der Waals surface area (Å²) in [6, 6.07) is 45.1. The van der Waals surface area contributed by atoms with Crippen molar-refractivity contribution in [1.29, 1.82) is 0 Å². The van der Waals surface area contributed by atoms with Crippen LogP contribution in [0.3, 0.4) is 0 Å². The molecule has 0 aliphatic heterocycles. The van der Waals surface area contributed by atoms with E-state index >= 15 is 9.59 Å². The molecule has 472 valence electrons. The number of nitrogens with one attached hydrogen (secondary N) is 4. The first-order valence-corrected chi connectivity index (χ1v) is 31.9. The zero-order chi connectivity index (χ0) is 64.4. The van der Waals surface area contributed by atoms with Gasteiger partial charge in [-0.3, -0.25) is 38.6 Å². The summed E-state index contributed by atoms with van der Waals surface area (Å²) >= 11 is 0. The maximum Gasteiger partial charge on any atom is 0.259 e. The van der Waals surface area contributed by atoms with Gasteiger partial charge in [-0.25, -0.2) is 0 Å². The Bertz CT molecular complexity index is 3660. The van der Waals surface area contributed by atoms with E-state index in [9.17, 15) is 29.4 Å². The summed E-state index contributed by atoms with van der Waals surface area (Å²) in [6.45, 7) is 8.63. The largest absolute Gasteiger partial charge is 0.507 e. The van der Waals surface area contributed by atoms with Crippen LogP contribution in [0.25, 0.3) is 0 Å². The van der Waals surface area contributed by atoms with E-state index in [0.717, 1.165) is 49.7 Å². The molecule has 92 heavy (non-hydrogen) atoms. The standard InChI is InChI=1S/C76H78N6O10/c1-5-7-31-91-71-57-33-53-37-61(77-45-83)39-55(69(53)85)35-59-43-64(80-74(88)68(50-25-26-50)82(66-29-21-48(4)22-30-66)76(90)52-17-13-10-14-18-52)44-60(72(59)92-32-8-6-2)36-56-40-62(78-46-84)38-54(70(56)86)34-58(71)42-63(41-57)79-73(87)67(49-23-24-49)81(65-27-19-47(3)20-28-65)75(89)51-15-11-9-12-16-51/h9-22,27-30,37-46,49-50,67-68,85-86H,5-8,23-26,31-36H2,1-4H3,(H,77,83)(H,78,84)(H,79,87)(H,80,88). The third-order valence-corrected chi connectivity index (χ3v) is 17.4. The number of phenols is 2. The van der Waals surface area contributed by atoms with E-state index in [-0.39, 0.29) is 60.8 Å². The van der Waals surface area contributed by atoms with E-state index in [1.165, 1.54) is 0 Å². The summed E-state index contributed by atoms with van der Waals surface area (Å²) in [4.78, 5) is 88.3. The van der Waals surface area contributed by atoms with Crippen LogP contribution in [0.5, 0.6) is 23.0 Å². The van der Waals surface area contributed by atoms with E-state index in [1.54, 1.807) is 107 Å². The number of aryl methyl sites for hydroxylation is 2. The summed E-state index contributed by atoms with van der Waals surface area (Å²) in [7, 11) is 0. The lowest BCUT2D eigenvalue weighted by Crippen LogP contribution is -2.49. The smallest absolute Gasteiger partial charge is 0.259 e. The third kappa shape index (κ3) is 14.7. The minimum absolute atomic E-state index is 0.00628. The van der Waals surface area contributed by atoms with E-state index in [2.05, 4.69) is 35.1 Å². The van der Waals surface area contributed by atoms with Gasteiger partial charge < -0.3 is 41.0 Å². The minimum atomic E-state index is -0.919. The summed E-state index contributed by atoms with van der Waals surface area (Å²) in [6.07, 6.45) is 7.05. The second-order valence-corrected chi connectivity index (χ2v) is 24.5. The highest BCUT2D eigenvalue weighted by atomic mass is 16.5. The monoisotopic (exact) mass is 1230 g/mol. The summed E-state index contributed by atoms with van der Waals surface area (Å²) in [5.41, 5.74) is 9.28. The Kier molecular flexibility index (Phi) is 19.8. The molecule has 0 heterocycles. The third-order valence-electron chi connectivity index (χ3n) is 17.4. The van der Waals surface area contributed by atoms with Crippen molar-refractivity contribution < 1.29 is 48.5 Å². The predicted molar refractivity (Wildman–Crippen MR) is 360 cm³/mol. The molecule has 0 spiro atoms. The number of ether oxygens (including phenoxy) is 2. The predicted octanol–water partition coefficient (Wildman–Crippen LogP) is 14.0. The molecule has 0 radical (unpaired) electrons. The van der Waals surface area contributed by atoms with Gasteiger partial charge >= 0.3 is 0 Å². The summed E-state index contributed by atoms with van der Waals surface area (Å²) in [5, 5.41) is 37.8. The molecule has 16 heteroatoms. The quantitative estimate of drug-likeness (QED) is 0.0191. The van der Waals surface area contributed by atoms with Gasteiger partial charge in [0.25, 0.3) is 11.8 Å². The second-order valence-electron chi connectivity index (χ2n) is 24.5. The highest BCUT2D eigenvalue weighted by Crippen LogP contribution is 2.45. The summed E-state index contributed by atoms with van der Waals surface area (Å²) in [5.74, 6) is -1.08. The lowest BCUT2D eigenvalue weighted by molar-refractivity contribution is -0.118. The lowest BCUT2D eigenvalue weighted by atomic mass is 9.90. The number of anilines is 6. The summed E-state index contributed by atoms with van der Waals surface area (Å²) < 4.78 is 13.6. The van der Waals surface area contributed by atoms with Crippen LogP contribution >= 0.6 is 0 Å². The molecule has 2 saturated carbocycles. The molecule has 0 aromatic heterocycles. The van der Waals surface area contributed by atoms with Gasteiger partial charge in [0.2, 0.25) is 24.6 Å². The number of aromatic hydroxyl groups is 2. The van der Waals surface area contributed by atoms with Gasteiger partial charge in [-0.15, -0.1) is 0 Å². The van der Waals surface area contributed by atoms with E-state index in [4.69, 9.17) is 9.47 Å². The molecule has 6 amide bonds. The van der Waals surface area contributed by atoms with Crippen molar-refractivity contribution in [2.45, 2.75) is 117 Å². The van der Waals surface area contributed by atoms with Gasteiger partial charge in [0.15, 0.2) is 0 Å². The fourth-order valence-corrected chi connectivity index (χ4v) is 12.4. The van der Waals surface area contributed by atoms with Crippen molar-refractivity contribution in [1.82, 2.24) is 0 Å². The number of nitrogens with zero attached hydrogens (tertiary/aromatic N) is 2. The Morgan fingerprint density at radius 2 is 0.783 bits per heavy atom. The molecular formula is C76H78N6O10. The van der Waals surface area contributed by atoms with Gasteiger partial charge in [0.05, 0.1) is 13.2 Å². The minimum Gasteiger partial charge on any atom is -0.507 e. The van der Waals surface area contributed by atoms with E-state index in [1.807, 2.05) is 74.5 Å². The molecule has 8 aromatic rings. The first-order valence-electron chi connectivity index (χ1n) is 31.9. The average molecular weight is 1240 g/mol. The van der Waals surface area contributed by atoms with Crippen LogP contribution in [0.2, 0.25) is 0 Å². The van der Waals surface area contributed by atoms with Crippen molar-refractivity contribution in [3.8, 4) is 23.0 Å². The second kappa shape index (κ2) is 28.7. The molecule has 2 unspecified atom stereocenters. The Balaban J connectivity index is 1.06. The van der Waals surface area contributed by atoms with Crippen molar-refractivity contribution in [2.24, 2.45) is 11.8 Å². The van der Waals surface area contributed by atoms with Crippen LogP contribution in [-0.4, -0.2) is 72.0 Å². The highest BCUT2D eigenvalue weighted by molar-refractivity contribution is 6.13. The molecular weight excluding hydrogens is 1160 g/mol. The Labute approximate surface area is 537 Å². The van der Waals surface area contributed by atoms with Gasteiger partial charge in [-0.1, -0.05) is 98.5 Å². The Morgan fingerprint density at radius 1 is 0.467 bits per heavy atom. The fraction of sp³-hybridized carbons (Fsp3) is 0.289. The number of phenolic OH excluding ortho intramolecular Hbond substituents is 2.